The van der Waals surface area contributed by atoms with Gasteiger partial charge in [-0.3, -0.25) is 9.59 Å². The van der Waals surface area contributed by atoms with E-state index in [2.05, 4.69) is 0 Å². The molecule has 5 heteroatoms. The lowest BCUT2D eigenvalue weighted by atomic mass is 10.3. The lowest BCUT2D eigenvalue weighted by molar-refractivity contribution is -0.111. The molecule has 1 heterocycles. The number of hydrazine groups is 1. The Balaban J connectivity index is 2.18. The van der Waals surface area contributed by atoms with Gasteiger partial charge in [0.2, 0.25) is 0 Å². The fourth-order valence-electron chi connectivity index (χ4n) is 2.42. The molecule has 0 aromatic heterocycles. The van der Waals surface area contributed by atoms with Crippen LogP contribution in [0.3, 0.4) is 0 Å². The standard InChI is InChI=1S/C17H16N2O2S/c1-22(2)15-16(20)18(13-9-5-3-6-10-13)19(17(15)21)14-11-7-4-8-12-14/h3-12H,1-2H3. The van der Waals surface area contributed by atoms with Gasteiger partial charge in [-0.2, -0.15) is 10.5 Å². The van der Waals surface area contributed by atoms with E-state index in [-0.39, 0.29) is 11.8 Å². The Bertz CT molecular complexity index is 693. The third-order valence-corrected chi connectivity index (χ3v) is 4.55. The molecule has 2 aromatic carbocycles. The van der Waals surface area contributed by atoms with E-state index in [1.807, 2.05) is 73.2 Å². The number of amides is 2. The summed E-state index contributed by atoms with van der Waals surface area (Å²) in [5, 5.41) is 2.92. The quantitative estimate of drug-likeness (QED) is 0.800. The first-order valence-electron chi connectivity index (χ1n) is 6.84. The maximum atomic E-state index is 12.8. The molecule has 22 heavy (non-hydrogen) atoms. The summed E-state index contributed by atoms with van der Waals surface area (Å²) in [5.74, 6) is -0.484. The second-order valence-electron chi connectivity index (χ2n) is 5.05. The highest BCUT2D eigenvalue weighted by Gasteiger charge is 2.43. The van der Waals surface area contributed by atoms with Crippen molar-refractivity contribution in [2.24, 2.45) is 0 Å². The summed E-state index contributed by atoms with van der Waals surface area (Å²) in [7, 11) is -0.406. The van der Waals surface area contributed by atoms with Crippen LogP contribution in [0, 0.1) is 0 Å². The molecule has 3 rings (SSSR count). The Hall–Kier alpha value is -2.40. The summed E-state index contributed by atoms with van der Waals surface area (Å²) in [4.78, 5) is 25.9. The van der Waals surface area contributed by atoms with Crippen LogP contribution in [0.2, 0.25) is 0 Å². The van der Waals surface area contributed by atoms with Crippen LogP contribution in [0.4, 0.5) is 11.4 Å². The Morgan fingerprint density at radius 3 is 1.36 bits per heavy atom. The summed E-state index contributed by atoms with van der Waals surface area (Å²) >= 11 is 0. The highest BCUT2D eigenvalue weighted by Crippen LogP contribution is 2.29. The van der Waals surface area contributed by atoms with Gasteiger partial charge in [0.25, 0.3) is 11.8 Å². The van der Waals surface area contributed by atoms with Gasteiger partial charge in [0.1, 0.15) is 4.86 Å². The van der Waals surface area contributed by atoms with Crippen molar-refractivity contribution in [3.05, 3.63) is 60.7 Å². The number of benzene rings is 2. The van der Waals surface area contributed by atoms with Crippen LogP contribution in [0.1, 0.15) is 0 Å². The Morgan fingerprint density at radius 2 is 1.05 bits per heavy atom. The molecule has 2 aromatic rings. The number of anilines is 2. The lowest BCUT2D eigenvalue weighted by Gasteiger charge is -2.27. The van der Waals surface area contributed by atoms with Crippen molar-refractivity contribution >= 4 is 38.5 Å². The summed E-state index contributed by atoms with van der Waals surface area (Å²) in [5.41, 5.74) is 1.37. The first-order chi connectivity index (χ1) is 10.6. The van der Waals surface area contributed by atoms with Gasteiger partial charge in [-0.05, 0) is 36.8 Å². The van der Waals surface area contributed by atoms with Gasteiger partial charge in [-0.25, -0.2) is 10.0 Å². The van der Waals surface area contributed by atoms with E-state index in [4.69, 9.17) is 0 Å². The monoisotopic (exact) mass is 312 g/mol. The first-order valence-corrected chi connectivity index (χ1v) is 8.89. The van der Waals surface area contributed by atoms with Crippen molar-refractivity contribution in [2.75, 3.05) is 22.5 Å². The molecule has 1 fully saturated rings. The van der Waals surface area contributed by atoms with Crippen LogP contribution in [-0.4, -0.2) is 29.2 Å². The Morgan fingerprint density at radius 1 is 0.682 bits per heavy atom. The third kappa shape index (κ3) is 2.33. The van der Waals surface area contributed by atoms with Gasteiger partial charge in [-0.15, -0.1) is 0 Å². The number of rotatable bonds is 2. The predicted molar refractivity (Wildman–Crippen MR) is 92.3 cm³/mol. The van der Waals surface area contributed by atoms with Gasteiger partial charge in [0.15, 0.2) is 0 Å². The number of carbonyl (C=O) groups is 2. The average Bonchev–Trinajstić information content (AvgIpc) is 2.80. The fourth-order valence-corrected chi connectivity index (χ4v) is 3.29. The van der Waals surface area contributed by atoms with Crippen LogP contribution < -0.4 is 10.0 Å². The highest BCUT2D eigenvalue weighted by atomic mass is 32.2. The second-order valence-corrected chi connectivity index (χ2v) is 7.09. The van der Waals surface area contributed by atoms with Crippen LogP contribution in [0.15, 0.2) is 60.7 Å². The molecule has 0 N–H and O–H groups in total. The zero-order valence-electron chi connectivity index (χ0n) is 12.4. The zero-order chi connectivity index (χ0) is 15.7. The molecule has 0 spiro atoms. The van der Waals surface area contributed by atoms with E-state index >= 15 is 0 Å². The van der Waals surface area contributed by atoms with Crippen LogP contribution in [-0.2, 0) is 9.59 Å². The summed E-state index contributed by atoms with van der Waals surface area (Å²) in [6.45, 7) is 0. The van der Waals surface area contributed by atoms with Gasteiger partial charge in [0.05, 0.1) is 11.4 Å². The lowest BCUT2D eigenvalue weighted by Crippen LogP contribution is -2.41. The number of hydrogen-bond acceptors (Lipinski definition) is 2. The molecule has 4 nitrogen and oxygen atoms in total. The topological polar surface area (TPSA) is 40.6 Å². The van der Waals surface area contributed by atoms with E-state index in [1.54, 1.807) is 0 Å². The summed E-state index contributed by atoms with van der Waals surface area (Å²) in [6.07, 6.45) is 3.78. The molecule has 0 aliphatic carbocycles. The smallest absolute Gasteiger partial charge is 0.266 e. The first kappa shape index (κ1) is 14.5. The van der Waals surface area contributed by atoms with Crippen LogP contribution in [0.5, 0.6) is 0 Å². The van der Waals surface area contributed by atoms with E-state index in [1.165, 1.54) is 10.0 Å². The molecular formula is C17H16N2O2S. The largest absolute Gasteiger partial charge is 0.288 e. The molecule has 2 amide bonds. The van der Waals surface area contributed by atoms with Gasteiger partial charge in [0, 0.05) is 0 Å². The number of nitrogens with zero attached hydrogens (tertiary/aromatic N) is 2. The zero-order valence-corrected chi connectivity index (χ0v) is 13.2. The van der Waals surface area contributed by atoms with Crippen molar-refractivity contribution in [2.45, 2.75) is 0 Å². The molecule has 0 saturated carbocycles. The number of carbonyl (C=O) groups excluding carboxylic acids is 2. The van der Waals surface area contributed by atoms with Crippen molar-refractivity contribution in [3.8, 4) is 0 Å². The average molecular weight is 312 g/mol. The maximum absolute atomic E-state index is 12.8. The Labute approximate surface area is 131 Å². The van der Waals surface area contributed by atoms with E-state index < -0.39 is 10.5 Å². The minimum Gasteiger partial charge on any atom is -0.266 e. The fraction of sp³-hybridized carbons (Fsp3) is 0.118. The van der Waals surface area contributed by atoms with Crippen molar-refractivity contribution in [3.63, 3.8) is 0 Å². The van der Waals surface area contributed by atoms with Crippen molar-refractivity contribution in [1.82, 2.24) is 0 Å². The summed E-state index contributed by atoms with van der Waals surface area (Å²) < 4.78 is 0. The molecule has 1 saturated heterocycles. The normalized spacial score (nSPS) is 15.1. The van der Waals surface area contributed by atoms with Crippen LogP contribution in [0.25, 0.3) is 0 Å². The minimum absolute atomic E-state index is 0.242. The second kappa shape index (κ2) is 5.77. The molecule has 0 atom stereocenters. The molecule has 1 aliphatic heterocycles. The molecular weight excluding hydrogens is 296 g/mol. The van der Waals surface area contributed by atoms with Crippen molar-refractivity contribution < 1.29 is 9.59 Å². The van der Waals surface area contributed by atoms with Crippen LogP contribution >= 0.6 is 10.5 Å². The van der Waals surface area contributed by atoms with E-state index in [0.29, 0.717) is 16.2 Å². The van der Waals surface area contributed by atoms with Gasteiger partial charge in [-0.1, -0.05) is 36.4 Å². The van der Waals surface area contributed by atoms with Crippen molar-refractivity contribution in [1.29, 1.82) is 0 Å². The summed E-state index contributed by atoms with van der Waals surface area (Å²) in [6, 6.07) is 18.5. The molecule has 0 radical (unpaired) electrons. The van der Waals surface area contributed by atoms with E-state index in [9.17, 15) is 9.59 Å². The molecule has 0 bridgehead atoms. The number of para-hydroxylation sites is 2. The molecule has 0 unspecified atom stereocenters. The van der Waals surface area contributed by atoms with Gasteiger partial charge < -0.3 is 0 Å². The van der Waals surface area contributed by atoms with E-state index in [0.717, 1.165) is 0 Å². The molecule has 1 aliphatic rings. The third-order valence-electron chi connectivity index (χ3n) is 3.38. The highest BCUT2D eigenvalue weighted by molar-refractivity contribution is 8.17. The van der Waals surface area contributed by atoms with Gasteiger partial charge >= 0.3 is 0 Å². The minimum atomic E-state index is -0.406. The Kier molecular flexibility index (Phi) is 3.81. The SMILES string of the molecule is CS(C)=C1C(=O)N(c2ccccc2)N(c2ccccc2)C1=O. The molecule has 112 valence electrons. The predicted octanol–water partition coefficient (Wildman–Crippen LogP) is 2.68. The maximum Gasteiger partial charge on any atom is 0.288 e. The number of hydrogen-bond donors (Lipinski definition) is 0.